The number of nitrogens with zero attached hydrogens (tertiary/aromatic N) is 2. The molecule has 0 aliphatic carbocycles. The van der Waals surface area contributed by atoms with Gasteiger partial charge in [-0.05, 0) is 12.8 Å². The van der Waals surface area contributed by atoms with E-state index in [1.807, 2.05) is 13.8 Å². The van der Waals surface area contributed by atoms with Crippen molar-refractivity contribution in [2.45, 2.75) is 26.7 Å². The first-order valence-corrected chi connectivity index (χ1v) is 5.64. The number of H-pyrrole nitrogens is 1. The number of fused-ring (bicyclic) bond motifs is 1. The van der Waals surface area contributed by atoms with Crippen LogP contribution in [-0.4, -0.2) is 14.4 Å². The first-order chi connectivity index (χ1) is 7.91. The van der Waals surface area contributed by atoms with Crippen LogP contribution in [0.5, 0.6) is 0 Å². The molecular formula is C11H12FN3OS. The van der Waals surface area contributed by atoms with Crippen LogP contribution < -0.4 is 5.56 Å². The summed E-state index contributed by atoms with van der Waals surface area (Å²) in [6.07, 6.45) is 1.73. The fraction of sp³-hybridized carbons (Fsp3) is 0.364. The molecule has 4 nitrogen and oxygen atoms in total. The molecule has 1 N–H and O–H groups in total. The first-order valence-electron chi connectivity index (χ1n) is 5.23. The van der Waals surface area contributed by atoms with Gasteiger partial charge in [-0.25, -0.2) is 4.98 Å². The van der Waals surface area contributed by atoms with E-state index in [0.29, 0.717) is 4.64 Å². The molecule has 0 unspecified atom stereocenters. The highest BCUT2D eigenvalue weighted by molar-refractivity contribution is 7.71. The van der Waals surface area contributed by atoms with Gasteiger partial charge >= 0.3 is 0 Å². The van der Waals surface area contributed by atoms with Gasteiger partial charge in [0.05, 0.1) is 5.69 Å². The van der Waals surface area contributed by atoms with E-state index in [1.54, 1.807) is 6.20 Å². The highest BCUT2D eigenvalue weighted by Gasteiger charge is 2.11. The lowest BCUT2D eigenvalue weighted by molar-refractivity contribution is 0.583. The molecule has 0 bridgehead atoms. The van der Waals surface area contributed by atoms with Gasteiger partial charge in [0.15, 0.2) is 0 Å². The number of halogens is 1. The Morgan fingerprint density at radius 3 is 2.76 bits per heavy atom. The molecule has 2 aromatic rings. The maximum atomic E-state index is 13.5. The molecule has 17 heavy (non-hydrogen) atoms. The van der Waals surface area contributed by atoms with Crippen LogP contribution in [0.2, 0.25) is 0 Å². The summed E-state index contributed by atoms with van der Waals surface area (Å²) in [4.78, 5) is 17.7. The minimum Gasteiger partial charge on any atom is -0.289 e. The molecular weight excluding hydrogens is 241 g/mol. The highest BCUT2D eigenvalue weighted by atomic mass is 32.1. The second-order valence-corrected chi connectivity index (χ2v) is 4.59. The Morgan fingerprint density at radius 2 is 2.18 bits per heavy atom. The van der Waals surface area contributed by atoms with E-state index in [9.17, 15) is 9.18 Å². The van der Waals surface area contributed by atoms with E-state index in [0.717, 1.165) is 5.56 Å². The van der Waals surface area contributed by atoms with E-state index in [-0.39, 0.29) is 17.4 Å². The summed E-state index contributed by atoms with van der Waals surface area (Å²) in [6, 6.07) is 0. The van der Waals surface area contributed by atoms with Crippen LogP contribution in [0.15, 0.2) is 11.0 Å². The molecule has 0 aliphatic heterocycles. The zero-order chi connectivity index (χ0) is 12.7. The smallest absolute Gasteiger partial charge is 0.288 e. The average Bonchev–Trinajstić information content (AvgIpc) is 2.25. The van der Waals surface area contributed by atoms with Crippen molar-refractivity contribution in [3.63, 3.8) is 0 Å². The summed E-state index contributed by atoms with van der Waals surface area (Å²) in [5, 5.41) is 0. The predicted octanol–water partition coefficient (Wildman–Crippen LogP) is 2.32. The van der Waals surface area contributed by atoms with Gasteiger partial charge in [0.25, 0.3) is 5.56 Å². The topological polar surface area (TPSA) is 50.2 Å². The molecule has 0 atom stereocenters. The molecule has 0 fully saturated rings. The Morgan fingerprint density at radius 1 is 1.53 bits per heavy atom. The Labute approximate surface area is 102 Å². The Kier molecular flexibility index (Phi) is 2.82. The molecule has 0 radical (unpaired) electrons. The number of hydrogen-bond acceptors (Lipinski definition) is 3. The van der Waals surface area contributed by atoms with Crippen LogP contribution in [0.3, 0.4) is 0 Å². The third-order valence-electron chi connectivity index (χ3n) is 2.68. The van der Waals surface area contributed by atoms with Crippen LogP contribution in [0.1, 0.15) is 31.0 Å². The summed E-state index contributed by atoms with van der Waals surface area (Å²) in [6.45, 7) is 5.50. The number of rotatable bonds is 1. The first kappa shape index (κ1) is 11.9. The molecule has 0 saturated heterocycles. The zero-order valence-electron chi connectivity index (χ0n) is 9.74. The van der Waals surface area contributed by atoms with E-state index in [1.165, 1.54) is 11.3 Å². The highest BCUT2D eigenvalue weighted by Crippen LogP contribution is 2.16. The minimum atomic E-state index is -0.795. The lowest BCUT2D eigenvalue weighted by atomic mass is 10.1. The van der Waals surface area contributed by atoms with Crippen molar-refractivity contribution in [2.24, 2.45) is 0 Å². The van der Waals surface area contributed by atoms with Gasteiger partial charge in [-0.3, -0.25) is 14.2 Å². The number of aromatic nitrogens is 3. The maximum absolute atomic E-state index is 13.5. The summed E-state index contributed by atoms with van der Waals surface area (Å²) in [7, 11) is 0. The molecule has 0 aromatic carbocycles. The van der Waals surface area contributed by atoms with Gasteiger partial charge in [-0.15, -0.1) is 0 Å². The average molecular weight is 253 g/mol. The van der Waals surface area contributed by atoms with Crippen molar-refractivity contribution in [3.05, 3.63) is 38.3 Å². The van der Waals surface area contributed by atoms with Crippen LogP contribution in [0.4, 0.5) is 4.39 Å². The van der Waals surface area contributed by atoms with Crippen molar-refractivity contribution in [2.75, 3.05) is 0 Å². The van der Waals surface area contributed by atoms with Crippen molar-refractivity contribution in [1.82, 2.24) is 14.4 Å². The number of aromatic amines is 1. The summed E-state index contributed by atoms with van der Waals surface area (Å²) >= 11 is 5.13. The Hall–Kier alpha value is -1.56. The third-order valence-corrected chi connectivity index (χ3v) is 3.00. The number of aryl methyl sites for hydroxylation is 1. The fourth-order valence-electron chi connectivity index (χ4n) is 1.64. The van der Waals surface area contributed by atoms with Gasteiger partial charge in [0.2, 0.25) is 11.6 Å². The predicted molar refractivity (Wildman–Crippen MR) is 65.4 cm³/mol. The number of nitrogens with one attached hydrogen (secondary N) is 1. The van der Waals surface area contributed by atoms with Crippen molar-refractivity contribution < 1.29 is 4.39 Å². The minimum absolute atomic E-state index is 0.196. The molecule has 90 valence electrons. The SMILES string of the molecule is Cc1c(F)c(=O)[nH]c2nc(=S)c(C(C)C)cn12. The van der Waals surface area contributed by atoms with Crippen molar-refractivity contribution in [3.8, 4) is 0 Å². The van der Waals surface area contributed by atoms with E-state index >= 15 is 0 Å². The fourth-order valence-corrected chi connectivity index (χ4v) is 2.01. The summed E-state index contributed by atoms with van der Waals surface area (Å²) in [5.74, 6) is -0.333. The second kappa shape index (κ2) is 4.03. The summed E-state index contributed by atoms with van der Waals surface area (Å²) in [5.41, 5.74) is 0.307. The van der Waals surface area contributed by atoms with E-state index in [4.69, 9.17) is 12.2 Å². The molecule has 6 heteroatoms. The van der Waals surface area contributed by atoms with Gasteiger partial charge in [0, 0.05) is 11.8 Å². The van der Waals surface area contributed by atoms with E-state index in [2.05, 4.69) is 9.97 Å². The molecule has 0 amide bonds. The molecule has 2 heterocycles. The normalized spacial score (nSPS) is 11.4. The van der Waals surface area contributed by atoms with Crippen LogP contribution >= 0.6 is 12.2 Å². The number of hydrogen-bond donors (Lipinski definition) is 1. The van der Waals surface area contributed by atoms with Gasteiger partial charge < -0.3 is 0 Å². The molecule has 2 rings (SSSR count). The molecule has 0 spiro atoms. The van der Waals surface area contributed by atoms with Gasteiger partial charge in [-0.1, -0.05) is 26.1 Å². The van der Waals surface area contributed by atoms with Crippen molar-refractivity contribution in [1.29, 1.82) is 0 Å². The lowest BCUT2D eigenvalue weighted by Crippen LogP contribution is -2.18. The molecule has 0 saturated carbocycles. The van der Waals surface area contributed by atoms with Crippen LogP contribution in [-0.2, 0) is 0 Å². The second-order valence-electron chi connectivity index (χ2n) is 4.20. The Bertz CT molecular complexity index is 702. The van der Waals surface area contributed by atoms with Gasteiger partial charge in [-0.2, -0.15) is 4.39 Å². The Balaban J connectivity index is 2.95. The summed E-state index contributed by atoms with van der Waals surface area (Å²) < 4.78 is 15.4. The third kappa shape index (κ3) is 1.88. The van der Waals surface area contributed by atoms with Gasteiger partial charge in [0.1, 0.15) is 4.64 Å². The largest absolute Gasteiger partial charge is 0.289 e. The zero-order valence-corrected chi connectivity index (χ0v) is 10.6. The molecule has 2 aromatic heterocycles. The van der Waals surface area contributed by atoms with Crippen molar-refractivity contribution >= 4 is 18.0 Å². The standard InChI is InChI=1S/C11H12FN3OS/c1-5(2)7-4-15-6(3)8(12)9(16)13-11(15)14-10(7)17/h4-5H,1-3H3,(H,13,14,16,17). The maximum Gasteiger partial charge on any atom is 0.288 e. The van der Waals surface area contributed by atoms with Crippen LogP contribution in [0, 0.1) is 17.4 Å². The van der Waals surface area contributed by atoms with E-state index < -0.39 is 11.4 Å². The quantitative estimate of drug-likeness (QED) is 0.793. The monoisotopic (exact) mass is 253 g/mol. The lowest BCUT2D eigenvalue weighted by Gasteiger charge is -2.10. The van der Waals surface area contributed by atoms with Crippen LogP contribution in [0.25, 0.3) is 5.78 Å². The molecule has 0 aliphatic rings.